The average Bonchev–Trinajstić information content (AvgIpc) is 2.38. The number of ether oxygens (including phenoxy) is 2. The third-order valence-corrected chi connectivity index (χ3v) is 2.61. The number of hydrogen-bond acceptors (Lipinski definition) is 4. The second-order valence-electron chi connectivity index (χ2n) is 3.73. The van der Waals surface area contributed by atoms with Gasteiger partial charge in [-0.25, -0.2) is 0 Å². The lowest BCUT2D eigenvalue weighted by Gasteiger charge is -2.12. The first-order chi connectivity index (χ1) is 8.62. The van der Waals surface area contributed by atoms with Crippen LogP contribution in [0, 0.1) is 11.3 Å². The minimum absolute atomic E-state index is 0.0351. The van der Waals surface area contributed by atoms with E-state index in [1.807, 2.05) is 0 Å². The molecule has 1 aromatic carbocycles. The molecule has 18 heavy (non-hydrogen) atoms. The Labute approximate surface area is 106 Å². The van der Waals surface area contributed by atoms with E-state index in [1.165, 1.54) is 14.2 Å². The molecule has 0 aliphatic heterocycles. The van der Waals surface area contributed by atoms with Crippen LogP contribution in [0.4, 0.5) is 0 Å². The Kier molecular flexibility index (Phi) is 5.00. The molecule has 0 saturated carbocycles. The summed E-state index contributed by atoms with van der Waals surface area (Å²) in [6.45, 7) is 0. The first kappa shape index (κ1) is 13.8. The fourth-order valence-electron chi connectivity index (χ4n) is 1.64. The number of carbonyl (C=O) groups is 1. The fourth-order valence-corrected chi connectivity index (χ4v) is 1.64. The molecule has 1 aromatic rings. The number of rotatable bonds is 6. The lowest BCUT2D eigenvalue weighted by Crippen LogP contribution is -2.02. The molecule has 0 fully saturated rings. The van der Waals surface area contributed by atoms with E-state index in [0.29, 0.717) is 11.5 Å². The van der Waals surface area contributed by atoms with E-state index in [-0.39, 0.29) is 12.8 Å². The van der Waals surface area contributed by atoms with Crippen molar-refractivity contribution in [1.82, 2.24) is 0 Å². The number of nitrogens with zero attached hydrogens (tertiary/aromatic N) is 1. The number of aliphatic carboxylic acids is 1. The highest BCUT2D eigenvalue weighted by molar-refractivity contribution is 5.66. The van der Waals surface area contributed by atoms with Crippen LogP contribution >= 0.6 is 0 Å². The maximum atomic E-state index is 10.5. The Morgan fingerprint density at radius 1 is 1.39 bits per heavy atom. The Bertz CT molecular complexity index is 465. The molecule has 0 radical (unpaired) electrons. The third kappa shape index (κ3) is 3.39. The molecule has 0 aromatic heterocycles. The van der Waals surface area contributed by atoms with Gasteiger partial charge in [0.2, 0.25) is 0 Å². The van der Waals surface area contributed by atoms with Crippen molar-refractivity contribution in [2.24, 2.45) is 0 Å². The highest BCUT2D eigenvalue weighted by Gasteiger charge is 2.15. The summed E-state index contributed by atoms with van der Waals surface area (Å²) in [7, 11) is 3.05. The molecule has 1 unspecified atom stereocenters. The second kappa shape index (κ2) is 6.50. The summed E-state index contributed by atoms with van der Waals surface area (Å²) in [5.74, 6) is -0.251. The van der Waals surface area contributed by atoms with Crippen molar-refractivity contribution in [3.8, 4) is 17.6 Å². The van der Waals surface area contributed by atoms with Crippen molar-refractivity contribution in [3.05, 3.63) is 23.8 Å². The normalized spacial score (nSPS) is 11.4. The van der Waals surface area contributed by atoms with Gasteiger partial charge in [0.15, 0.2) is 11.5 Å². The Balaban J connectivity index is 2.93. The predicted octanol–water partition coefficient (Wildman–Crippen LogP) is 2.18. The average molecular weight is 249 g/mol. The zero-order chi connectivity index (χ0) is 13.5. The van der Waals surface area contributed by atoms with Gasteiger partial charge in [0.25, 0.3) is 0 Å². The van der Waals surface area contributed by atoms with Crippen LogP contribution < -0.4 is 9.47 Å². The van der Waals surface area contributed by atoms with Crippen LogP contribution in [0.1, 0.15) is 24.3 Å². The van der Waals surface area contributed by atoms with Gasteiger partial charge in [0.1, 0.15) is 0 Å². The van der Waals surface area contributed by atoms with E-state index < -0.39 is 11.9 Å². The molecule has 1 atom stereocenters. The van der Waals surface area contributed by atoms with Gasteiger partial charge in [-0.05, 0) is 24.1 Å². The molecular weight excluding hydrogens is 234 g/mol. The largest absolute Gasteiger partial charge is 0.493 e. The van der Waals surface area contributed by atoms with E-state index >= 15 is 0 Å². The molecule has 96 valence electrons. The maximum absolute atomic E-state index is 10.5. The van der Waals surface area contributed by atoms with E-state index in [4.69, 9.17) is 19.8 Å². The Hall–Kier alpha value is -2.22. The van der Waals surface area contributed by atoms with Crippen LogP contribution in [0.2, 0.25) is 0 Å². The minimum Gasteiger partial charge on any atom is -0.493 e. The van der Waals surface area contributed by atoms with E-state index in [0.717, 1.165) is 5.56 Å². The van der Waals surface area contributed by atoms with Crippen molar-refractivity contribution in [1.29, 1.82) is 5.26 Å². The number of hydrogen-bond donors (Lipinski definition) is 1. The molecule has 1 N–H and O–H groups in total. The molecule has 5 heteroatoms. The van der Waals surface area contributed by atoms with Gasteiger partial charge >= 0.3 is 5.97 Å². The summed E-state index contributed by atoms with van der Waals surface area (Å²) in [5.41, 5.74) is 0.733. The zero-order valence-electron chi connectivity index (χ0n) is 10.3. The van der Waals surface area contributed by atoms with Crippen LogP contribution in [0.3, 0.4) is 0 Å². The zero-order valence-corrected chi connectivity index (χ0v) is 10.3. The first-order valence-corrected chi connectivity index (χ1v) is 5.45. The molecular formula is C13H15NO4. The topological polar surface area (TPSA) is 79.5 Å². The predicted molar refractivity (Wildman–Crippen MR) is 64.8 cm³/mol. The maximum Gasteiger partial charge on any atom is 0.303 e. The molecule has 0 bridgehead atoms. The van der Waals surface area contributed by atoms with E-state index in [1.54, 1.807) is 18.2 Å². The fraction of sp³-hybridized carbons (Fsp3) is 0.385. The van der Waals surface area contributed by atoms with Gasteiger partial charge in [0, 0.05) is 6.42 Å². The molecule has 1 rings (SSSR count). The van der Waals surface area contributed by atoms with Gasteiger partial charge in [-0.3, -0.25) is 4.79 Å². The highest BCUT2D eigenvalue weighted by atomic mass is 16.5. The Morgan fingerprint density at radius 3 is 2.56 bits per heavy atom. The van der Waals surface area contributed by atoms with Gasteiger partial charge in [-0.2, -0.15) is 5.26 Å². The van der Waals surface area contributed by atoms with Crippen LogP contribution in [-0.4, -0.2) is 25.3 Å². The summed E-state index contributed by atoms with van der Waals surface area (Å²) in [6, 6.07) is 7.26. The number of nitriles is 1. The lowest BCUT2D eigenvalue weighted by molar-refractivity contribution is -0.137. The van der Waals surface area contributed by atoms with Crippen LogP contribution in [0.15, 0.2) is 18.2 Å². The summed E-state index contributed by atoms with van der Waals surface area (Å²) in [4.78, 5) is 10.5. The van der Waals surface area contributed by atoms with Crippen molar-refractivity contribution in [3.63, 3.8) is 0 Å². The quantitative estimate of drug-likeness (QED) is 0.835. The first-order valence-electron chi connectivity index (χ1n) is 5.45. The van der Waals surface area contributed by atoms with Crippen LogP contribution in [0.5, 0.6) is 11.5 Å². The summed E-state index contributed by atoms with van der Waals surface area (Å²) < 4.78 is 10.2. The van der Waals surface area contributed by atoms with Gasteiger partial charge < -0.3 is 14.6 Å². The standard InChI is InChI=1S/C13H15NO4/c1-17-11-5-3-9(7-12(11)18-2)10(8-14)4-6-13(15)16/h3,5,7,10H,4,6H2,1-2H3,(H,15,16). The van der Waals surface area contributed by atoms with E-state index in [9.17, 15) is 4.79 Å². The molecule has 0 heterocycles. The molecule has 0 amide bonds. The van der Waals surface area contributed by atoms with Crippen molar-refractivity contribution in [2.75, 3.05) is 14.2 Å². The molecule has 5 nitrogen and oxygen atoms in total. The molecule has 0 aliphatic carbocycles. The van der Waals surface area contributed by atoms with Crippen LogP contribution in [0.25, 0.3) is 0 Å². The SMILES string of the molecule is COc1ccc(C(C#N)CCC(=O)O)cc1OC. The van der Waals surface area contributed by atoms with E-state index in [2.05, 4.69) is 6.07 Å². The monoisotopic (exact) mass is 249 g/mol. The summed E-state index contributed by atoms with van der Waals surface area (Å²) in [5, 5.41) is 17.7. The summed E-state index contributed by atoms with van der Waals surface area (Å²) in [6.07, 6.45) is 0.244. The second-order valence-corrected chi connectivity index (χ2v) is 3.73. The number of benzene rings is 1. The lowest BCUT2D eigenvalue weighted by atomic mass is 9.95. The van der Waals surface area contributed by atoms with Gasteiger partial charge in [-0.15, -0.1) is 0 Å². The Morgan fingerprint density at radius 2 is 2.06 bits per heavy atom. The van der Waals surface area contributed by atoms with Crippen molar-refractivity contribution < 1.29 is 19.4 Å². The minimum atomic E-state index is -0.907. The summed E-state index contributed by atoms with van der Waals surface area (Å²) >= 11 is 0. The van der Waals surface area contributed by atoms with Crippen molar-refractivity contribution in [2.45, 2.75) is 18.8 Å². The highest BCUT2D eigenvalue weighted by Crippen LogP contribution is 2.31. The molecule has 0 saturated heterocycles. The van der Waals surface area contributed by atoms with Crippen LogP contribution in [-0.2, 0) is 4.79 Å². The molecule has 0 aliphatic rings. The molecule has 0 spiro atoms. The number of methoxy groups -OCH3 is 2. The van der Waals surface area contributed by atoms with Gasteiger partial charge in [0.05, 0.1) is 26.2 Å². The van der Waals surface area contributed by atoms with Crippen molar-refractivity contribution >= 4 is 5.97 Å². The number of carboxylic acids is 1. The van der Waals surface area contributed by atoms with Gasteiger partial charge in [-0.1, -0.05) is 6.07 Å². The number of carboxylic acid groups (broad SMARTS) is 1. The smallest absolute Gasteiger partial charge is 0.303 e. The third-order valence-electron chi connectivity index (χ3n) is 2.61.